The van der Waals surface area contributed by atoms with Crippen molar-refractivity contribution in [2.75, 3.05) is 30.3 Å². The summed E-state index contributed by atoms with van der Waals surface area (Å²) in [5.41, 5.74) is 2.44. The second-order valence-electron chi connectivity index (χ2n) is 7.89. The van der Waals surface area contributed by atoms with E-state index < -0.39 is 11.8 Å². The number of hydrogen-bond acceptors (Lipinski definition) is 4. The average Bonchev–Trinajstić information content (AvgIpc) is 2.74. The van der Waals surface area contributed by atoms with Gasteiger partial charge in [-0.3, -0.25) is 14.7 Å². The van der Waals surface area contributed by atoms with Crippen molar-refractivity contribution in [1.29, 1.82) is 0 Å². The first-order valence-corrected chi connectivity index (χ1v) is 10.6. The number of aryl methyl sites for hydroxylation is 1. The number of urea groups is 1. The molecule has 1 aliphatic heterocycles. The number of pyridine rings is 1. The summed E-state index contributed by atoms with van der Waals surface area (Å²) < 4.78 is 14.2. The summed E-state index contributed by atoms with van der Waals surface area (Å²) in [4.78, 5) is 32.4. The predicted octanol–water partition coefficient (Wildman–Crippen LogP) is 4.01. The Balaban J connectivity index is 1.56. The van der Waals surface area contributed by atoms with Gasteiger partial charge in [0, 0.05) is 44.8 Å². The van der Waals surface area contributed by atoms with Gasteiger partial charge in [0.25, 0.3) is 0 Å². The lowest BCUT2D eigenvalue weighted by molar-refractivity contribution is -0.131. The van der Waals surface area contributed by atoms with Crippen LogP contribution in [0, 0.1) is 12.7 Å². The largest absolute Gasteiger partial charge is 0.340 e. The minimum absolute atomic E-state index is 0.120. The third-order valence-electron chi connectivity index (χ3n) is 5.60. The molecule has 0 atom stereocenters. The molecule has 0 aliphatic carbocycles. The Morgan fingerprint density at radius 2 is 1.94 bits per heavy atom. The second kappa shape index (κ2) is 10.3. The van der Waals surface area contributed by atoms with Crippen LogP contribution in [0.3, 0.4) is 0 Å². The van der Waals surface area contributed by atoms with E-state index in [-0.39, 0.29) is 17.6 Å². The summed E-state index contributed by atoms with van der Waals surface area (Å²) in [7, 11) is 0. The lowest BCUT2D eigenvalue weighted by atomic mass is 10.0. The number of nitrogens with one attached hydrogen (secondary N) is 2. The van der Waals surface area contributed by atoms with Gasteiger partial charge in [-0.05, 0) is 56.5 Å². The molecule has 0 radical (unpaired) electrons. The van der Waals surface area contributed by atoms with Gasteiger partial charge in [0.05, 0.1) is 17.6 Å². The third-order valence-corrected chi connectivity index (χ3v) is 5.60. The highest BCUT2D eigenvalue weighted by Gasteiger charge is 2.25. The molecule has 1 aromatic heterocycles. The molecule has 2 heterocycles. The van der Waals surface area contributed by atoms with Crippen LogP contribution in [0.15, 0.2) is 36.5 Å². The Kier molecular flexibility index (Phi) is 7.57. The number of halogens is 1. The third kappa shape index (κ3) is 6.24. The van der Waals surface area contributed by atoms with Gasteiger partial charge in [-0.1, -0.05) is 6.07 Å². The maximum absolute atomic E-state index is 14.2. The standard InChI is InChI=1S/C23H30FN5O2/c1-4-29(17(3)30)20-9-11-28(12-10-20)15-18-6-8-21(24)22(13-18)27-23(31)26-19-7-5-16(2)25-14-19/h5-8,13-14,20H,4,9-12,15H2,1-3H3,(H2,26,27,31). The molecule has 166 valence electrons. The number of piperidine rings is 1. The first kappa shape index (κ1) is 22.7. The van der Waals surface area contributed by atoms with E-state index in [1.54, 1.807) is 37.4 Å². The minimum atomic E-state index is -0.522. The van der Waals surface area contributed by atoms with Gasteiger partial charge in [-0.25, -0.2) is 9.18 Å². The molecule has 1 aromatic carbocycles. The van der Waals surface area contributed by atoms with Crippen molar-refractivity contribution in [3.05, 3.63) is 53.6 Å². The molecule has 1 fully saturated rings. The summed E-state index contributed by atoms with van der Waals surface area (Å²) in [5.74, 6) is -0.366. The van der Waals surface area contributed by atoms with E-state index in [0.717, 1.165) is 43.7 Å². The fourth-order valence-electron chi connectivity index (χ4n) is 3.98. The molecule has 2 N–H and O–H groups in total. The maximum atomic E-state index is 14.2. The van der Waals surface area contributed by atoms with Crippen LogP contribution in [0.2, 0.25) is 0 Å². The van der Waals surface area contributed by atoms with E-state index in [9.17, 15) is 14.0 Å². The normalized spacial score (nSPS) is 14.8. The van der Waals surface area contributed by atoms with Gasteiger partial charge < -0.3 is 15.5 Å². The fourth-order valence-corrected chi connectivity index (χ4v) is 3.98. The smallest absolute Gasteiger partial charge is 0.323 e. The van der Waals surface area contributed by atoms with Crippen molar-refractivity contribution < 1.29 is 14.0 Å². The van der Waals surface area contributed by atoms with E-state index in [0.29, 0.717) is 12.2 Å². The SMILES string of the molecule is CCN(C(C)=O)C1CCN(Cc2ccc(F)c(NC(=O)Nc3ccc(C)nc3)c2)CC1. The van der Waals surface area contributed by atoms with E-state index in [1.807, 2.05) is 18.7 Å². The van der Waals surface area contributed by atoms with Crippen molar-refractivity contribution in [2.45, 2.75) is 46.2 Å². The van der Waals surface area contributed by atoms with Crippen LogP contribution in [-0.2, 0) is 11.3 Å². The van der Waals surface area contributed by atoms with Crippen LogP contribution >= 0.6 is 0 Å². The van der Waals surface area contributed by atoms with Crippen molar-refractivity contribution in [1.82, 2.24) is 14.8 Å². The molecular formula is C23H30FN5O2. The Bertz CT molecular complexity index is 911. The van der Waals surface area contributed by atoms with Crippen LogP contribution in [0.25, 0.3) is 0 Å². The zero-order valence-corrected chi connectivity index (χ0v) is 18.3. The zero-order valence-electron chi connectivity index (χ0n) is 18.3. The topological polar surface area (TPSA) is 77.6 Å². The molecule has 1 aliphatic rings. The molecule has 3 amide bonds. The first-order chi connectivity index (χ1) is 14.9. The summed E-state index contributed by atoms with van der Waals surface area (Å²) in [6, 6.07) is 8.07. The second-order valence-corrected chi connectivity index (χ2v) is 7.89. The minimum Gasteiger partial charge on any atom is -0.340 e. The number of aromatic nitrogens is 1. The van der Waals surface area contributed by atoms with Gasteiger partial charge in [-0.15, -0.1) is 0 Å². The molecule has 2 aromatic rings. The number of carbonyl (C=O) groups is 2. The van der Waals surface area contributed by atoms with Crippen molar-refractivity contribution in [3.63, 3.8) is 0 Å². The molecule has 1 saturated heterocycles. The summed E-state index contributed by atoms with van der Waals surface area (Å²) in [6.07, 6.45) is 3.40. The number of benzene rings is 1. The summed E-state index contributed by atoms with van der Waals surface area (Å²) >= 11 is 0. The molecule has 31 heavy (non-hydrogen) atoms. The van der Waals surface area contributed by atoms with Crippen LogP contribution in [0.4, 0.5) is 20.6 Å². The molecule has 3 rings (SSSR count). The van der Waals surface area contributed by atoms with Crippen molar-refractivity contribution >= 4 is 23.3 Å². The lowest BCUT2D eigenvalue weighted by Crippen LogP contribution is -2.46. The predicted molar refractivity (Wildman–Crippen MR) is 119 cm³/mol. The molecule has 0 saturated carbocycles. The van der Waals surface area contributed by atoms with Gasteiger partial charge in [0.2, 0.25) is 5.91 Å². The fraction of sp³-hybridized carbons (Fsp3) is 0.435. The Labute approximate surface area is 182 Å². The summed E-state index contributed by atoms with van der Waals surface area (Å²) in [5, 5.41) is 5.23. The van der Waals surface area contributed by atoms with Crippen molar-refractivity contribution in [2.24, 2.45) is 0 Å². The lowest BCUT2D eigenvalue weighted by Gasteiger charge is -2.37. The Morgan fingerprint density at radius 3 is 2.55 bits per heavy atom. The zero-order chi connectivity index (χ0) is 22.4. The van der Waals surface area contributed by atoms with Crippen LogP contribution in [0.1, 0.15) is 37.9 Å². The number of amides is 3. The van der Waals surface area contributed by atoms with Gasteiger partial charge in [0.1, 0.15) is 5.82 Å². The van der Waals surface area contributed by atoms with Crippen LogP contribution < -0.4 is 10.6 Å². The number of anilines is 2. The molecule has 7 nitrogen and oxygen atoms in total. The van der Waals surface area contributed by atoms with Gasteiger partial charge in [0.15, 0.2) is 0 Å². The highest BCUT2D eigenvalue weighted by molar-refractivity contribution is 5.99. The number of hydrogen-bond donors (Lipinski definition) is 2. The van der Waals surface area contributed by atoms with Crippen molar-refractivity contribution in [3.8, 4) is 0 Å². The van der Waals surface area contributed by atoms with Gasteiger partial charge in [-0.2, -0.15) is 0 Å². The number of likely N-dealkylation sites (tertiary alicyclic amines) is 1. The quantitative estimate of drug-likeness (QED) is 0.730. The van der Waals surface area contributed by atoms with E-state index in [4.69, 9.17) is 0 Å². The van der Waals surface area contributed by atoms with E-state index in [1.165, 1.54) is 6.07 Å². The molecule has 0 unspecified atom stereocenters. The Hall–Kier alpha value is -3.00. The molecule has 0 bridgehead atoms. The monoisotopic (exact) mass is 427 g/mol. The summed E-state index contributed by atoms with van der Waals surface area (Å²) in [6.45, 7) is 8.62. The molecular weight excluding hydrogens is 397 g/mol. The highest BCUT2D eigenvalue weighted by atomic mass is 19.1. The first-order valence-electron chi connectivity index (χ1n) is 10.6. The van der Waals surface area contributed by atoms with E-state index >= 15 is 0 Å². The molecule has 8 heteroatoms. The Morgan fingerprint density at radius 1 is 1.19 bits per heavy atom. The number of carbonyl (C=O) groups excluding carboxylic acids is 2. The van der Waals surface area contributed by atoms with Gasteiger partial charge >= 0.3 is 6.03 Å². The maximum Gasteiger partial charge on any atom is 0.323 e. The molecule has 0 spiro atoms. The number of nitrogens with zero attached hydrogens (tertiary/aromatic N) is 3. The average molecular weight is 428 g/mol. The number of rotatable bonds is 6. The highest BCUT2D eigenvalue weighted by Crippen LogP contribution is 2.22. The van der Waals surface area contributed by atoms with Crippen LogP contribution in [-0.4, -0.2) is 52.4 Å². The van der Waals surface area contributed by atoms with E-state index in [2.05, 4.69) is 20.5 Å². The van der Waals surface area contributed by atoms with Crippen LogP contribution in [0.5, 0.6) is 0 Å².